The molecule has 15 heavy (non-hydrogen) atoms. The van der Waals surface area contributed by atoms with Crippen molar-refractivity contribution >= 4 is 5.91 Å². The van der Waals surface area contributed by atoms with Gasteiger partial charge in [-0.1, -0.05) is 19.3 Å². The van der Waals surface area contributed by atoms with Crippen LogP contribution in [0.1, 0.15) is 44.9 Å². The number of ether oxygens (including phenoxy) is 1. The van der Waals surface area contributed by atoms with Gasteiger partial charge in [0, 0.05) is 25.2 Å². The summed E-state index contributed by atoms with van der Waals surface area (Å²) in [5.41, 5.74) is 0. The van der Waals surface area contributed by atoms with Crippen molar-refractivity contribution in [2.75, 3.05) is 13.2 Å². The molecule has 0 aromatic rings. The van der Waals surface area contributed by atoms with E-state index in [9.17, 15) is 4.79 Å². The van der Waals surface area contributed by atoms with Crippen LogP contribution in [0.3, 0.4) is 0 Å². The monoisotopic (exact) mass is 211 g/mol. The maximum atomic E-state index is 11.9. The third-order valence-corrected chi connectivity index (χ3v) is 3.54. The van der Waals surface area contributed by atoms with E-state index in [-0.39, 0.29) is 11.8 Å². The molecule has 1 heterocycles. The first kappa shape index (κ1) is 10.9. The highest BCUT2D eigenvalue weighted by atomic mass is 16.5. The summed E-state index contributed by atoms with van der Waals surface area (Å²) in [5, 5.41) is 3.19. The number of hydrogen-bond acceptors (Lipinski definition) is 2. The van der Waals surface area contributed by atoms with E-state index in [1.165, 1.54) is 32.1 Å². The molecule has 0 atom stereocenters. The van der Waals surface area contributed by atoms with E-state index in [1.54, 1.807) is 0 Å². The lowest BCUT2D eigenvalue weighted by Gasteiger charge is -2.27. The van der Waals surface area contributed by atoms with Crippen molar-refractivity contribution in [2.24, 2.45) is 5.92 Å². The molecule has 3 nitrogen and oxygen atoms in total. The summed E-state index contributed by atoms with van der Waals surface area (Å²) < 4.78 is 5.26. The minimum Gasteiger partial charge on any atom is -0.381 e. The Morgan fingerprint density at radius 2 is 1.67 bits per heavy atom. The molecule has 1 N–H and O–H groups in total. The van der Waals surface area contributed by atoms with Crippen LogP contribution in [0.15, 0.2) is 0 Å². The van der Waals surface area contributed by atoms with Crippen molar-refractivity contribution in [2.45, 2.75) is 51.0 Å². The highest BCUT2D eigenvalue weighted by Gasteiger charge is 2.24. The second-order valence-corrected chi connectivity index (χ2v) is 4.73. The summed E-state index contributed by atoms with van der Waals surface area (Å²) in [6, 6.07) is 0.453. The maximum absolute atomic E-state index is 11.9. The molecule has 1 saturated carbocycles. The summed E-state index contributed by atoms with van der Waals surface area (Å²) in [6.07, 6.45) is 8.04. The fourth-order valence-corrected chi connectivity index (χ4v) is 2.53. The molecule has 1 aliphatic carbocycles. The molecule has 0 spiro atoms. The van der Waals surface area contributed by atoms with Crippen molar-refractivity contribution in [3.05, 3.63) is 0 Å². The van der Waals surface area contributed by atoms with Gasteiger partial charge in [-0.05, 0) is 25.7 Å². The standard InChI is InChI=1S/C12H21NO2/c14-12(10-6-8-15-9-7-10)13-11-4-2-1-3-5-11/h10-11H,1-9H2,(H,13,14). The van der Waals surface area contributed by atoms with Gasteiger partial charge in [0.2, 0.25) is 5.91 Å². The molecular weight excluding hydrogens is 190 g/mol. The first-order valence-corrected chi connectivity index (χ1v) is 6.24. The van der Waals surface area contributed by atoms with Crippen molar-refractivity contribution in [3.63, 3.8) is 0 Å². The van der Waals surface area contributed by atoms with Gasteiger partial charge >= 0.3 is 0 Å². The van der Waals surface area contributed by atoms with E-state index in [1.807, 2.05) is 0 Å². The van der Waals surface area contributed by atoms with Gasteiger partial charge in [0.15, 0.2) is 0 Å². The van der Waals surface area contributed by atoms with Crippen LogP contribution in [0, 0.1) is 5.92 Å². The van der Waals surface area contributed by atoms with E-state index in [4.69, 9.17) is 4.74 Å². The molecular formula is C12H21NO2. The molecule has 0 aromatic carbocycles. The summed E-state index contributed by atoms with van der Waals surface area (Å²) in [7, 11) is 0. The number of hydrogen-bond donors (Lipinski definition) is 1. The van der Waals surface area contributed by atoms with Crippen molar-refractivity contribution < 1.29 is 9.53 Å². The summed E-state index contributed by atoms with van der Waals surface area (Å²) >= 11 is 0. The van der Waals surface area contributed by atoms with Crippen molar-refractivity contribution in [3.8, 4) is 0 Å². The Kier molecular flexibility index (Phi) is 4.01. The van der Waals surface area contributed by atoms with Gasteiger partial charge in [0.1, 0.15) is 0 Å². The Bertz CT molecular complexity index is 206. The van der Waals surface area contributed by atoms with E-state index < -0.39 is 0 Å². The van der Waals surface area contributed by atoms with E-state index >= 15 is 0 Å². The van der Waals surface area contributed by atoms with E-state index in [0.717, 1.165) is 26.1 Å². The van der Waals surface area contributed by atoms with Crippen LogP contribution in [-0.2, 0) is 9.53 Å². The Labute approximate surface area is 91.6 Å². The van der Waals surface area contributed by atoms with Gasteiger partial charge in [0.05, 0.1) is 0 Å². The number of rotatable bonds is 2. The number of carbonyl (C=O) groups is 1. The van der Waals surface area contributed by atoms with Crippen LogP contribution in [-0.4, -0.2) is 25.2 Å². The second kappa shape index (κ2) is 5.50. The van der Waals surface area contributed by atoms with Gasteiger partial charge in [-0.2, -0.15) is 0 Å². The Morgan fingerprint density at radius 1 is 1.00 bits per heavy atom. The first-order chi connectivity index (χ1) is 7.36. The fourth-order valence-electron chi connectivity index (χ4n) is 2.53. The highest BCUT2D eigenvalue weighted by Crippen LogP contribution is 2.20. The number of nitrogens with one attached hydrogen (secondary N) is 1. The summed E-state index contributed by atoms with van der Waals surface area (Å²) in [4.78, 5) is 11.9. The topological polar surface area (TPSA) is 38.3 Å². The Morgan fingerprint density at radius 3 is 2.33 bits per heavy atom. The molecule has 1 amide bonds. The minimum absolute atomic E-state index is 0.209. The summed E-state index contributed by atoms with van der Waals surface area (Å²) in [6.45, 7) is 1.51. The quantitative estimate of drug-likeness (QED) is 0.757. The van der Waals surface area contributed by atoms with Crippen LogP contribution < -0.4 is 5.32 Å². The molecule has 1 saturated heterocycles. The van der Waals surface area contributed by atoms with Gasteiger partial charge in [-0.3, -0.25) is 4.79 Å². The van der Waals surface area contributed by atoms with Gasteiger partial charge < -0.3 is 10.1 Å². The lowest BCUT2D eigenvalue weighted by Crippen LogP contribution is -2.41. The predicted octanol–water partition coefficient (Wildman–Crippen LogP) is 1.86. The smallest absolute Gasteiger partial charge is 0.223 e. The molecule has 0 unspecified atom stereocenters. The molecule has 0 aromatic heterocycles. The number of amides is 1. The largest absolute Gasteiger partial charge is 0.381 e. The van der Waals surface area contributed by atoms with Crippen LogP contribution in [0.4, 0.5) is 0 Å². The maximum Gasteiger partial charge on any atom is 0.223 e. The van der Waals surface area contributed by atoms with Crippen LogP contribution in [0.25, 0.3) is 0 Å². The summed E-state index contributed by atoms with van der Waals surface area (Å²) in [5.74, 6) is 0.478. The average Bonchev–Trinajstić information content (AvgIpc) is 2.31. The molecule has 2 rings (SSSR count). The minimum atomic E-state index is 0.209. The predicted molar refractivity (Wildman–Crippen MR) is 58.6 cm³/mol. The SMILES string of the molecule is O=C(NC1CCCCC1)C1CCOCC1. The second-order valence-electron chi connectivity index (χ2n) is 4.73. The zero-order valence-electron chi connectivity index (χ0n) is 9.34. The van der Waals surface area contributed by atoms with Gasteiger partial charge in [-0.25, -0.2) is 0 Å². The highest BCUT2D eigenvalue weighted by molar-refractivity contribution is 5.79. The Balaban J connectivity index is 1.74. The van der Waals surface area contributed by atoms with Gasteiger partial charge in [-0.15, -0.1) is 0 Å². The first-order valence-electron chi connectivity index (χ1n) is 6.24. The zero-order valence-corrected chi connectivity index (χ0v) is 9.34. The lowest BCUT2D eigenvalue weighted by atomic mass is 9.93. The average molecular weight is 211 g/mol. The molecule has 1 aliphatic heterocycles. The molecule has 3 heteroatoms. The van der Waals surface area contributed by atoms with Crippen LogP contribution in [0.2, 0.25) is 0 Å². The van der Waals surface area contributed by atoms with Crippen molar-refractivity contribution in [1.82, 2.24) is 5.32 Å². The molecule has 0 radical (unpaired) electrons. The molecule has 2 fully saturated rings. The third kappa shape index (κ3) is 3.20. The van der Waals surface area contributed by atoms with Crippen molar-refractivity contribution in [1.29, 1.82) is 0 Å². The van der Waals surface area contributed by atoms with Crippen LogP contribution >= 0.6 is 0 Å². The zero-order chi connectivity index (χ0) is 10.5. The normalized spacial score (nSPS) is 25.1. The van der Waals surface area contributed by atoms with Crippen LogP contribution in [0.5, 0.6) is 0 Å². The fraction of sp³-hybridized carbons (Fsp3) is 0.917. The molecule has 0 bridgehead atoms. The molecule has 2 aliphatic rings. The lowest BCUT2D eigenvalue weighted by molar-refractivity contribution is -0.128. The van der Waals surface area contributed by atoms with E-state index in [0.29, 0.717) is 6.04 Å². The van der Waals surface area contributed by atoms with E-state index in [2.05, 4.69) is 5.32 Å². The molecule has 86 valence electrons. The van der Waals surface area contributed by atoms with Gasteiger partial charge in [0.25, 0.3) is 0 Å². The third-order valence-electron chi connectivity index (χ3n) is 3.54. The Hall–Kier alpha value is -0.570. The number of carbonyl (C=O) groups excluding carboxylic acids is 1.